The van der Waals surface area contributed by atoms with Crippen LogP contribution in [0.2, 0.25) is 0 Å². The van der Waals surface area contributed by atoms with E-state index in [9.17, 15) is 0 Å². The van der Waals surface area contributed by atoms with Crippen molar-refractivity contribution in [3.8, 4) is 21.0 Å². The molecule has 20 heavy (non-hydrogen) atoms. The van der Waals surface area contributed by atoms with Gasteiger partial charge in [-0.05, 0) is 46.7 Å². The topological polar surface area (TPSA) is 0 Å². The summed E-state index contributed by atoms with van der Waals surface area (Å²) < 4.78 is 0. The summed E-state index contributed by atoms with van der Waals surface area (Å²) in [6, 6.07) is 0. The lowest BCUT2D eigenvalue weighted by atomic mass is 10.2. The average Bonchev–Trinajstić information content (AvgIpc) is 2.46. The normalized spacial score (nSPS) is 20.8. The molecule has 0 fully saturated rings. The molecule has 4 heteroatoms. The van der Waals surface area contributed by atoms with Gasteiger partial charge in [-0.3, -0.25) is 0 Å². The van der Waals surface area contributed by atoms with Gasteiger partial charge in [-0.25, -0.2) is 0 Å². The van der Waals surface area contributed by atoms with Crippen LogP contribution in [0, 0.1) is 21.0 Å². The van der Waals surface area contributed by atoms with Gasteiger partial charge in [0.05, 0.1) is 0 Å². The van der Waals surface area contributed by atoms with Crippen LogP contribution in [0.4, 0.5) is 0 Å². The fraction of sp³-hybridized carbons (Fsp3) is 0.750. The minimum Gasteiger partial charge on any atom is -0.0742 e. The minimum absolute atomic E-state index is 1.19. The Morgan fingerprint density at radius 2 is 0.600 bits per heavy atom. The van der Waals surface area contributed by atoms with Gasteiger partial charge in [0.15, 0.2) is 0 Å². The Kier molecular flexibility index (Phi) is 14.8. The van der Waals surface area contributed by atoms with E-state index in [0.29, 0.717) is 0 Å². The van der Waals surface area contributed by atoms with E-state index in [0.717, 1.165) is 0 Å². The second kappa shape index (κ2) is 15.9. The van der Waals surface area contributed by atoms with Crippen molar-refractivity contribution in [1.29, 1.82) is 0 Å². The summed E-state index contributed by atoms with van der Waals surface area (Å²) in [4.78, 5) is 0. The van der Waals surface area contributed by atoms with Crippen LogP contribution >= 0.6 is 47.0 Å². The van der Waals surface area contributed by atoms with E-state index in [1.807, 2.05) is 0 Å². The lowest BCUT2D eigenvalue weighted by molar-refractivity contribution is 0.712. The summed E-state index contributed by atoms with van der Waals surface area (Å²) >= 11 is 7.16. The molecular formula is C16H24S4. The average molecular weight is 345 g/mol. The maximum absolute atomic E-state index is 3.21. The SMILES string of the molecule is C1#CSCCCCCCSC#CSCCCCCCS1. The third-order valence-electron chi connectivity index (χ3n) is 2.86. The van der Waals surface area contributed by atoms with Crippen molar-refractivity contribution in [2.75, 3.05) is 23.0 Å². The Morgan fingerprint density at radius 1 is 0.350 bits per heavy atom. The Balaban J connectivity index is 2.14. The van der Waals surface area contributed by atoms with Crippen LogP contribution < -0.4 is 0 Å². The summed E-state index contributed by atoms with van der Waals surface area (Å²) in [5.41, 5.74) is 0. The molecule has 0 saturated heterocycles. The number of rotatable bonds is 0. The summed E-state index contributed by atoms with van der Waals surface area (Å²) in [5.74, 6) is 4.77. The van der Waals surface area contributed by atoms with Crippen LogP contribution in [0.25, 0.3) is 0 Å². The van der Waals surface area contributed by atoms with Crippen LogP contribution in [0.3, 0.4) is 0 Å². The van der Waals surface area contributed by atoms with Gasteiger partial charge in [0.25, 0.3) is 0 Å². The van der Waals surface area contributed by atoms with Crippen molar-refractivity contribution < 1.29 is 0 Å². The van der Waals surface area contributed by atoms with Crippen LogP contribution in [-0.2, 0) is 0 Å². The highest BCUT2D eigenvalue weighted by Gasteiger charge is 1.92. The number of thioether (sulfide) groups is 4. The lowest BCUT2D eigenvalue weighted by Gasteiger charge is -1.98. The van der Waals surface area contributed by atoms with Crippen molar-refractivity contribution in [1.82, 2.24) is 0 Å². The first-order valence-corrected chi connectivity index (χ1v) is 11.4. The van der Waals surface area contributed by atoms with Gasteiger partial charge >= 0.3 is 0 Å². The maximum atomic E-state index is 3.21. The van der Waals surface area contributed by atoms with Crippen molar-refractivity contribution in [2.45, 2.75) is 51.4 Å². The smallest absolute Gasteiger partial charge is 0.00569 e. The standard InChI is InChI=1S/C16H24S4/c1-2-6-10-18-15-16-20-12-8-4-3-7-11-19-14-13-17-9-5-1/h1-12H2. The highest BCUT2D eigenvalue weighted by atomic mass is 32.2. The predicted octanol–water partition coefficient (Wildman–Crippen LogP) is 5.89. The monoisotopic (exact) mass is 344 g/mol. The second-order valence-corrected chi connectivity index (χ2v) is 8.23. The van der Waals surface area contributed by atoms with Crippen LogP contribution in [0.1, 0.15) is 51.4 Å². The van der Waals surface area contributed by atoms with Crippen molar-refractivity contribution in [2.24, 2.45) is 0 Å². The summed E-state index contributed by atoms with van der Waals surface area (Å²) in [5, 5.41) is 12.8. The molecule has 1 rings (SSSR count). The summed E-state index contributed by atoms with van der Waals surface area (Å²) in [6.45, 7) is 0. The zero-order valence-electron chi connectivity index (χ0n) is 12.1. The van der Waals surface area contributed by atoms with Gasteiger partial charge in [-0.15, -0.1) is 0 Å². The van der Waals surface area contributed by atoms with Crippen molar-refractivity contribution in [3.05, 3.63) is 0 Å². The first-order chi connectivity index (χ1) is 10.0. The first kappa shape index (κ1) is 18.6. The molecule has 0 radical (unpaired) electrons. The summed E-state index contributed by atoms with van der Waals surface area (Å²) in [6.07, 6.45) is 10.6. The highest BCUT2D eigenvalue weighted by molar-refractivity contribution is 8.07. The number of hydrogen-bond donors (Lipinski definition) is 0. The molecular weight excluding hydrogens is 320 g/mol. The minimum atomic E-state index is 1.19. The van der Waals surface area contributed by atoms with Gasteiger partial charge in [0.2, 0.25) is 0 Å². The lowest BCUT2D eigenvalue weighted by Crippen LogP contribution is -1.84. The molecule has 0 N–H and O–H groups in total. The third kappa shape index (κ3) is 13.5. The molecule has 1 aliphatic rings. The van der Waals surface area contributed by atoms with Gasteiger partial charge in [0.1, 0.15) is 0 Å². The summed E-state index contributed by atoms with van der Waals surface area (Å²) in [7, 11) is 0. The Morgan fingerprint density at radius 3 is 0.850 bits per heavy atom. The van der Waals surface area contributed by atoms with Gasteiger partial charge in [-0.1, -0.05) is 72.7 Å². The van der Waals surface area contributed by atoms with E-state index in [1.54, 1.807) is 47.0 Å². The first-order valence-electron chi connectivity index (χ1n) is 7.47. The van der Waals surface area contributed by atoms with E-state index >= 15 is 0 Å². The zero-order chi connectivity index (χ0) is 14.1. The third-order valence-corrected chi connectivity index (χ3v) is 6.07. The van der Waals surface area contributed by atoms with Crippen molar-refractivity contribution in [3.63, 3.8) is 0 Å². The molecule has 0 saturated carbocycles. The molecule has 112 valence electrons. The second-order valence-electron chi connectivity index (χ2n) is 4.63. The van der Waals surface area contributed by atoms with E-state index in [-0.39, 0.29) is 0 Å². The molecule has 1 aliphatic heterocycles. The van der Waals surface area contributed by atoms with Crippen molar-refractivity contribution >= 4 is 47.0 Å². The van der Waals surface area contributed by atoms with Crippen LogP contribution in [0.5, 0.6) is 0 Å². The fourth-order valence-corrected chi connectivity index (χ4v) is 4.47. The molecule has 0 aromatic rings. The van der Waals surface area contributed by atoms with Crippen LogP contribution in [-0.4, -0.2) is 23.0 Å². The zero-order valence-corrected chi connectivity index (χ0v) is 15.4. The van der Waals surface area contributed by atoms with E-state index in [1.165, 1.54) is 74.4 Å². The van der Waals surface area contributed by atoms with Gasteiger partial charge in [-0.2, -0.15) is 0 Å². The van der Waals surface area contributed by atoms with E-state index < -0.39 is 0 Å². The Bertz CT molecular complexity index is 270. The number of hydrogen-bond acceptors (Lipinski definition) is 4. The molecule has 0 atom stereocenters. The van der Waals surface area contributed by atoms with Crippen LogP contribution in [0.15, 0.2) is 0 Å². The molecule has 0 aromatic heterocycles. The largest absolute Gasteiger partial charge is 0.0742 e. The Hall–Kier alpha value is 0.520. The maximum Gasteiger partial charge on any atom is 0.00569 e. The molecule has 1 heterocycles. The molecule has 0 bridgehead atoms. The van der Waals surface area contributed by atoms with Gasteiger partial charge < -0.3 is 0 Å². The van der Waals surface area contributed by atoms with Gasteiger partial charge in [0, 0.05) is 23.0 Å². The van der Waals surface area contributed by atoms with E-state index in [4.69, 9.17) is 0 Å². The molecule has 0 unspecified atom stereocenters. The molecule has 0 spiro atoms. The quantitative estimate of drug-likeness (QED) is 0.502. The molecule has 0 nitrogen and oxygen atoms in total. The van der Waals surface area contributed by atoms with E-state index in [2.05, 4.69) is 21.0 Å². The Labute approximate surface area is 142 Å². The molecule has 0 amide bonds. The highest BCUT2D eigenvalue weighted by Crippen LogP contribution is 2.13. The predicted molar refractivity (Wildman–Crippen MR) is 102 cm³/mol. The molecule has 0 aromatic carbocycles. The molecule has 0 aliphatic carbocycles. The fourth-order valence-electron chi connectivity index (χ4n) is 1.73.